The van der Waals surface area contributed by atoms with Crippen LogP contribution >= 0.6 is 0 Å². The highest BCUT2D eigenvalue weighted by Crippen LogP contribution is 2.30. The van der Waals surface area contributed by atoms with Crippen LogP contribution in [0.1, 0.15) is 30.3 Å². The average Bonchev–Trinajstić information content (AvgIpc) is 2.70. The monoisotopic (exact) mass is 438 g/mol. The lowest BCUT2D eigenvalue weighted by molar-refractivity contribution is -0.137. The van der Waals surface area contributed by atoms with Crippen molar-refractivity contribution in [1.82, 2.24) is 14.7 Å². The summed E-state index contributed by atoms with van der Waals surface area (Å²) in [5, 5.41) is 3.73. The molecule has 0 aliphatic rings. The van der Waals surface area contributed by atoms with E-state index in [0.717, 1.165) is 12.1 Å². The molecule has 0 atom stereocenters. The molecular weight excluding hydrogens is 417 g/mol. The fraction of sp³-hybridized carbons (Fsp3) is 0.300. The van der Waals surface area contributed by atoms with Crippen LogP contribution in [0.5, 0.6) is 0 Å². The Kier molecular flexibility index (Phi) is 6.57. The molecule has 0 aliphatic carbocycles. The zero-order chi connectivity index (χ0) is 21.8. The molecule has 160 valence electrons. The predicted octanol–water partition coefficient (Wildman–Crippen LogP) is 4.09. The van der Waals surface area contributed by atoms with Gasteiger partial charge in [0.2, 0.25) is 10.0 Å². The van der Waals surface area contributed by atoms with Gasteiger partial charge in [-0.1, -0.05) is 31.2 Å². The van der Waals surface area contributed by atoms with E-state index in [0.29, 0.717) is 28.7 Å². The van der Waals surface area contributed by atoms with Crippen LogP contribution in [0.3, 0.4) is 0 Å². The van der Waals surface area contributed by atoms with Gasteiger partial charge in [0.05, 0.1) is 23.4 Å². The van der Waals surface area contributed by atoms with Crippen molar-refractivity contribution in [1.29, 1.82) is 0 Å². The van der Waals surface area contributed by atoms with E-state index < -0.39 is 21.8 Å². The summed E-state index contributed by atoms with van der Waals surface area (Å²) in [7, 11) is -3.43. The van der Waals surface area contributed by atoms with Crippen molar-refractivity contribution in [3.05, 3.63) is 65.5 Å². The number of alkyl halides is 3. The van der Waals surface area contributed by atoms with Crippen LogP contribution in [0.15, 0.2) is 48.5 Å². The normalized spacial score (nSPS) is 12.3. The molecule has 0 unspecified atom stereocenters. The second-order valence-electron chi connectivity index (χ2n) is 6.70. The SMILES string of the molecule is CCCS(=O)(=O)NCc1nc(NCc2cccc(C(F)(F)F)c2)c2ccccc2n1. The standard InChI is InChI=1S/C20H21F3N4O2S/c1-2-10-30(28,29)25-13-18-26-17-9-4-3-8-16(17)19(27-18)24-12-14-6-5-7-15(11-14)20(21,22)23/h3-9,11,25H,2,10,12-13H2,1H3,(H,24,26,27). The van der Waals surface area contributed by atoms with Crippen molar-refractivity contribution < 1.29 is 21.6 Å². The van der Waals surface area contributed by atoms with E-state index in [1.54, 1.807) is 37.3 Å². The third-order valence-corrected chi connectivity index (χ3v) is 5.82. The zero-order valence-corrected chi connectivity index (χ0v) is 17.0. The minimum atomic E-state index is -4.42. The minimum Gasteiger partial charge on any atom is -0.365 e. The van der Waals surface area contributed by atoms with Gasteiger partial charge in [0, 0.05) is 11.9 Å². The molecule has 0 spiro atoms. The Bertz CT molecular complexity index is 1130. The van der Waals surface area contributed by atoms with Crippen molar-refractivity contribution in [3.8, 4) is 0 Å². The highest BCUT2D eigenvalue weighted by Gasteiger charge is 2.30. The summed E-state index contributed by atoms with van der Waals surface area (Å²) < 4.78 is 65.1. The first-order chi connectivity index (χ1) is 14.2. The molecule has 0 aliphatic heterocycles. The van der Waals surface area contributed by atoms with Gasteiger partial charge in [-0.05, 0) is 36.2 Å². The fourth-order valence-corrected chi connectivity index (χ4v) is 3.93. The van der Waals surface area contributed by atoms with Gasteiger partial charge in [-0.25, -0.2) is 23.1 Å². The van der Waals surface area contributed by atoms with E-state index in [2.05, 4.69) is 20.0 Å². The molecule has 0 saturated heterocycles. The third-order valence-electron chi connectivity index (χ3n) is 4.29. The first-order valence-electron chi connectivity index (χ1n) is 9.31. The summed E-state index contributed by atoms with van der Waals surface area (Å²) in [6, 6.07) is 12.2. The number of hydrogen-bond donors (Lipinski definition) is 2. The van der Waals surface area contributed by atoms with Crippen LogP contribution in [-0.4, -0.2) is 24.1 Å². The molecule has 0 bridgehead atoms. The number of para-hydroxylation sites is 1. The first-order valence-corrected chi connectivity index (χ1v) is 11.0. The average molecular weight is 438 g/mol. The number of fused-ring (bicyclic) bond motifs is 1. The van der Waals surface area contributed by atoms with E-state index >= 15 is 0 Å². The van der Waals surface area contributed by atoms with Crippen LogP contribution in [0.25, 0.3) is 10.9 Å². The number of anilines is 1. The molecule has 30 heavy (non-hydrogen) atoms. The largest absolute Gasteiger partial charge is 0.416 e. The summed E-state index contributed by atoms with van der Waals surface area (Å²) in [5.74, 6) is 0.684. The number of halogens is 3. The highest BCUT2D eigenvalue weighted by molar-refractivity contribution is 7.89. The smallest absolute Gasteiger partial charge is 0.365 e. The van der Waals surface area contributed by atoms with Gasteiger partial charge in [0.25, 0.3) is 0 Å². The Hall–Kier alpha value is -2.72. The molecule has 6 nitrogen and oxygen atoms in total. The number of nitrogens with one attached hydrogen (secondary N) is 2. The Morgan fingerprint density at radius 1 is 1.00 bits per heavy atom. The second-order valence-corrected chi connectivity index (χ2v) is 8.62. The van der Waals surface area contributed by atoms with Crippen LogP contribution in [0, 0.1) is 0 Å². The van der Waals surface area contributed by atoms with Gasteiger partial charge in [0.1, 0.15) is 11.6 Å². The molecule has 3 rings (SSSR count). The maximum absolute atomic E-state index is 12.9. The lowest BCUT2D eigenvalue weighted by atomic mass is 10.1. The van der Waals surface area contributed by atoms with Gasteiger partial charge in [0.15, 0.2) is 0 Å². The third kappa shape index (κ3) is 5.67. The van der Waals surface area contributed by atoms with Crippen LogP contribution in [0.2, 0.25) is 0 Å². The van der Waals surface area contributed by atoms with E-state index in [9.17, 15) is 21.6 Å². The van der Waals surface area contributed by atoms with Crippen LogP contribution < -0.4 is 10.0 Å². The lowest BCUT2D eigenvalue weighted by Crippen LogP contribution is -2.26. The molecule has 0 radical (unpaired) electrons. The van der Waals surface area contributed by atoms with E-state index in [1.165, 1.54) is 6.07 Å². The van der Waals surface area contributed by atoms with E-state index in [4.69, 9.17) is 0 Å². The fourth-order valence-electron chi connectivity index (χ4n) is 2.90. The number of aromatic nitrogens is 2. The van der Waals surface area contributed by atoms with Crippen molar-refractivity contribution in [2.75, 3.05) is 11.1 Å². The number of benzene rings is 2. The van der Waals surface area contributed by atoms with Gasteiger partial charge in [-0.2, -0.15) is 13.2 Å². The molecule has 3 aromatic rings. The molecular formula is C20H21F3N4O2S. The number of nitrogens with zero attached hydrogens (tertiary/aromatic N) is 2. The van der Waals surface area contributed by atoms with Crippen molar-refractivity contribution >= 4 is 26.7 Å². The highest BCUT2D eigenvalue weighted by atomic mass is 32.2. The quantitative estimate of drug-likeness (QED) is 0.554. The Morgan fingerprint density at radius 2 is 1.77 bits per heavy atom. The molecule has 2 N–H and O–H groups in total. The zero-order valence-electron chi connectivity index (χ0n) is 16.2. The van der Waals surface area contributed by atoms with Crippen molar-refractivity contribution in [3.63, 3.8) is 0 Å². The van der Waals surface area contributed by atoms with E-state index in [-0.39, 0.29) is 24.7 Å². The van der Waals surface area contributed by atoms with Crippen molar-refractivity contribution in [2.45, 2.75) is 32.6 Å². The second kappa shape index (κ2) is 8.97. The Balaban J connectivity index is 1.84. The van der Waals surface area contributed by atoms with Gasteiger partial charge in [-0.3, -0.25) is 0 Å². The molecule has 0 fully saturated rings. The van der Waals surface area contributed by atoms with Crippen LogP contribution in [-0.2, 0) is 29.3 Å². The summed E-state index contributed by atoms with van der Waals surface area (Å²) in [4.78, 5) is 8.75. The first kappa shape index (κ1) is 22.0. The Labute approximate surface area is 172 Å². The number of hydrogen-bond acceptors (Lipinski definition) is 5. The maximum Gasteiger partial charge on any atom is 0.416 e. The van der Waals surface area contributed by atoms with Gasteiger partial charge < -0.3 is 5.32 Å². The molecule has 2 aromatic carbocycles. The summed E-state index contributed by atoms with van der Waals surface area (Å²) in [6.07, 6.45) is -3.93. The molecule has 1 aromatic heterocycles. The summed E-state index contributed by atoms with van der Waals surface area (Å²) in [5.41, 5.74) is 0.321. The summed E-state index contributed by atoms with van der Waals surface area (Å²) >= 11 is 0. The molecule has 1 heterocycles. The molecule has 10 heteroatoms. The lowest BCUT2D eigenvalue weighted by Gasteiger charge is -2.13. The number of rotatable bonds is 8. The molecule has 0 saturated carbocycles. The van der Waals surface area contributed by atoms with Gasteiger partial charge >= 0.3 is 6.18 Å². The summed E-state index contributed by atoms with van der Waals surface area (Å²) in [6.45, 7) is 1.80. The number of sulfonamides is 1. The Morgan fingerprint density at radius 3 is 2.50 bits per heavy atom. The predicted molar refractivity (Wildman–Crippen MR) is 109 cm³/mol. The molecule has 0 amide bonds. The van der Waals surface area contributed by atoms with Gasteiger partial charge in [-0.15, -0.1) is 0 Å². The van der Waals surface area contributed by atoms with E-state index in [1.807, 2.05) is 0 Å². The maximum atomic E-state index is 12.9. The minimum absolute atomic E-state index is 0.00122. The topological polar surface area (TPSA) is 84.0 Å². The van der Waals surface area contributed by atoms with Crippen LogP contribution in [0.4, 0.5) is 19.0 Å². The van der Waals surface area contributed by atoms with Crippen molar-refractivity contribution in [2.24, 2.45) is 0 Å².